The van der Waals surface area contributed by atoms with Gasteiger partial charge in [0.25, 0.3) is 0 Å². The van der Waals surface area contributed by atoms with E-state index in [1.165, 1.54) is 5.69 Å². The summed E-state index contributed by atoms with van der Waals surface area (Å²) in [7, 11) is 0. The SMILES string of the molecule is CC1(N)CCCCC1C(=O)NCC1CCN(c2cccc(Br)c2)C1.Cl.Cl. The van der Waals surface area contributed by atoms with Gasteiger partial charge in [-0.05, 0) is 50.3 Å². The zero-order valence-corrected chi connectivity index (χ0v) is 18.5. The topological polar surface area (TPSA) is 58.4 Å². The van der Waals surface area contributed by atoms with E-state index in [0.29, 0.717) is 5.92 Å². The highest BCUT2D eigenvalue weighted by Crippen LogP contribution is 2.32. The molecule has 3 unspecified atom stereocenters. The molecule has 0 aromatic heterocycles. The highest BCUT2D eigenvalue weighted by Gasteiger charge is 2.38. The van der Waals surface area contributed by atoms with Crippen molar-refractivity contribution in [3.63, 3.8) is 0 Å². The van der Waals surface area contributed by atoms with Gasteiger partial charge in [-0.3, -0.25) is 4.79 Å². The molecule has 1 saturated heterocycles. The van der Waals surface area contributed by atoms with Crippen LogP contribution in [0.5, 0.6) is 0 Å². The van der Waals surface area contributed by atoms with E-state index in [1.54, 1.807) is 0 Å². The molecule has 26 heavy (non-hydrogen) atoms. The summed E-state index contributed by atoms with van der Waals surface area (Å²) in [6.07, 6.45) is 5.25. The Kier molecular flexibility index (Phi) is 9.21. The number of halogens is 3. The van der Waals surface area contributed by atoms with E-state index in [1.807, 2.05) is 13.0 Å². The molecule has 1 aromatic carbocycles. The summed E-state index contributed by atoms with van der Waals surface area (Å²) in [5, 5.41) is 3.18. The zero-order chi connectivity index (χ0) is 17.2. The molecule has 0 bridgehead atoms. The molecule has 3 rings (SSSR count). The minimum atomic E-state index is -0.347. The lowest BCUT2D eigenvalue weighted by Crippen LogP contribution is -2.53. The standard InChI is InChI=1S/C19H28BrN3O.2ClH/c1-19(21)9-3-2-7-17(19)18(24)22-12-14-8-10-23(13-14)16-6-4-5-15(20)11-16;;/h4-6,11,14,17H,2-3,7-10,12-13,21H2,1H3,(H,22,24);2*1H. The van der Waals surface area contributed by atoms with E-state index >= 15 is 0 Å². The molecule has 1 heterocycles. The Morgan fingerprint density at radius 2 is 2.12 bits per heavy atom. The Morgan fingerprint density at radius 3 is 2.81 bits per heavy atom. The quantitative estimate of drug-likeness (QED) is 0.700. The molecular weight excluding hydrogens is 437 g/mol. The highest BCUT2D eigenvalue weighted by molar-refractivity contribution is 9.10. The predicted molar refractivity (Wildman–Crippen MR) is 117 cm³/mol. The van der Waals surface area contributed by atoms with Crippen molar-refractivity contribution < 1.29 is 4.79 Å². The van der Waals surface area contributed by atoms with Crippen LogP contribution in [0.25, 0.3) is 0 Å². The van der Waals surface area contributed by atoms with Crippen molar-refractivity contribution >= 4 is 52.3 Å². The van der Waals surface area contributed by atoms with E-state index in [-0.39, 0.29) is 42.2 Å². The molecule has 3 atom stereocenters. The minimum absolute atomic E-state index is 0. The molecule has 2 fully saturated rings. The molecule has 0 spiro atoms. The number of rotatable bonds is 4. The lowest BCUT2D eigenvalue weighted by atomic mass is 9.74. The molecule has 3 N–H and O–H groups in total. The summed E-state index contributed by atoms with van der Waals surface area (Å²) >= 11 is 3.53. The summed E-state index contributed by atoms with van der Waals surface area (Å²) in [5.74, 6) is 0.634. The van der Waals surface area contributed by atoms with Gasteiger partial charge in [-0.1, -0.05) is 34.8 Å². The number of carbonyl (C=O) groups is 1. The summed E-state index contributed by atoms with van der Waals surface area (Å²) in [6.45, 7) is 4.84. The first-order valence-electron chi connectivity index (χ1n) is 9.03. The van der Waals surface area contributed by atoms with Gasteiger partial charge in [0.2, 0.25) is 5.91 Å². The van der Waals surface area contributed by atoms with Crippen LogP contribution in [0.3, 0.4) is 0 Å². The third-order valence-electron chi connectivity index (χ3n) is 5.59. The Hall–Kier alpha value is -0.490. The average molecular weight is 467 g/mol. The van der Waals surface area contributed by atoms with E-state index < -0.39 is 0 Å². The van der Waals surface area contributed by atoms with Gasteiger partial charge < -0.3 is 16.0 Å². The first-order valence-corrected chi connectivity index (χ1v) is 9.82. The van der Waals surface area contributed by atoms with Crippen LogP contribution >= 0.6 is 40.7 Å². The second-order valence-corrected chi connectivity index (χ2v) is 8.55. The molecule has 1 aliphatic carbocycles. The van der Waals surface area contributed by atoms with Crippen molar-refractivity contribution in [1.82, 2.24) is 5.32 Å². The zero-order valence-electron chi connectivity index (χ0n) is 15.2. The van der Waals surface area contributed by atoms with Gasteiger partial charge in [-0.25, -0.2) is 0 Å². The maximum Gasteiger partial charge on any atom is 0.224 e. The van der Waals surface area contributed by atoms with E-state index in [4.69, 9.17) is 5.73 Å². The molecule has 2 aliphatic rings. The molecule has 1 aliphatic heterocycles. The van der Waals surface area contributed by atoms with Crippen LogP contribution in [0.15, 0.2) is 28.7 Å². The molecule has 1 saturated carbocycles. The molecular formula is C19H30BrCl2N3O. The summed E-state index contributed by atoms with van der Waals surface area (Å²) in [5.41, 5.74) is 7.25. The molecule has 0 radical (unpaired) electrons. The van der Waals surface area contributed by atoms with E-state index in [2.05, 4.69) is 44.3 Å². The maximum atomic E-state index is 12.6. The second-order valence-electron chi connectivity index (χ2n) is 7.63. The fourth-order valence-electron chi connectivity index (χ4n) is 4.06. The predicted octanol–water partition coefficient (Wildman–Crippen LogP) is 4.14. The number of carbonyl (C=O) groups excluding carboxylic acids is 1. The molecule has 1 amide bonds. The molecule has 1 aromatic rings. The number of nitrogens with one attached hydrogen (secondary N) is 1. The van der Waals surface area contributed by atoms with Gasteiger partial charge in [0.1, 0.15) is 0 Å². The fraction of sp³-hybridized carbons (Fsp3) is 0.632. The minimum Gasteiger partial charge on any atom is -0.371 e. The number of amides is 1. The average Bonchev–Trinajstić information content (AvgIpc) is 3.01. The Bertz CT molecular complexity index is 600. The smallest absolute Gasteiger partial charge is 0.224 e. The highest BCUT2D eigenvalue weighted by atomic mass is 79.9. The monoisotopic (exact) mass is 465 g/mol. The van der Waals surface area contributed by atoms with Crippen LogP contribution in [0.2, 0.25) is 0 Å². The summed E-state index contributed by atoms with van der Waals surface area (Å²) < 4.78 is 1.11. The molecule has 7 heteroatoms. The summed E-state index contributed by atoms with van der Waals surface area (Å²) in [6, 6.07) is 8.42. The number of benzene rings is 1. The fourth-order valence-corrected chi connectivity index (χ4v) is 4.45. The number of hydrogen-bond donors (Lipinski definition) is 2. The van der Waals surface area contributed by atoms with Gasteiger partial charge in [-0.2, -0.15) is 0 Å². The van der Waals surface area contributed by atoms with Gasteiger partial charge in [0, 0.05) is 35.3 Å². The van der Waals surface area contributed by atoms with Gasteiger partial charge in [0.05, 0.1) is 5.92 Å². The first kappa shape index (κ1) is 23.5. The maximum absolute atomic E-state index is 12.6. The largest absolute Gasteiger partial charge is 0.371 e. The van der Waals surface area contributed by atoms with Crippen LogP contribution < -0.4 is 16.0 Å². The Morgan fingerprint density at radius 1 is 1.35 bits per heavy atom. The van der Waals surface area contributed by atoms with Crippen molar-refractivity contribution in [3.8, 4) is 0 Å². The normalized spacial score (nSPS) is 28.0. The van der Waals surface area contributed by atoms with E-state index in [0.717, 1.165) is 56.2 Å². The number of nitrogens with zero attached hydrogens (tertiary/aromatic N) is 1. The van der Waals surface area contributed by atoms with Gasteiger partial charge in [-0.15, -0.1) is 24.8 Å². The van der Waals surface area contributed by atoms with Crippen LogP contribution in [-0.4, -0.2) is 31.1 Å². The number of anilines is 1. The summed E-state index contributed by atoms with van der Waals surface area (Å²) in [4.78, 5) is 15.0. The number of nitrogens with two attached hydrogens (primary N) is 1. The van der Waals surface area contributed by atoms with Crippen molar-refractivity contribution in [2.24, 2.45) is 17.6 Å². The molecule has 4 nitrogen and oxygen atoms in total. The lowest BCUT2D eigenvalue weighted by molar-refractivity contribution is -0.128. The third-order valence-corrected chi connectivity index (χ3v) is 6.09. The lowest BCUT2D eigenvalue weighted by Gasteiger charge is -2.37. The Labute approximate surface area is 177 Å². The first-order chi connectivity index (χ1) is 11.5. The van der Waals surface area contributed by atoms with Crippen LogP contribution in [0.1, 0.15) is 39.0 Å². The van der Waals surface area contributed by atoms with Crippen molar-refractivity contribution in [3.05, 3.63) is 28.7 Å². The van der Waals surface area contributed by atoms with Crippen LogP contribution in [-0.2, 0) is 4.79 Å². The van der Waals surface area contributed by atoms with Crippen molar-refractivity contribution in [2.45, 2.75) is 44.6 Å². The molecule has 148 valence electrons. The third kappa shape index (κ3) is 5.75. The van der Waals surface area contributed by atoms with Crippen molar-refractivity contribution in [2.75, 3.05) is 24.5 Å². The second kappa shape index (κ2) is 10.2. The van der Waals surface area contributed by atoms with Crippen LogP contribution in [0, 0.1) is 11.8 Å². The Balaban J connectivity index is 0.00000169. The van der Waals surface area contributed by atoms with Gasteiger partial charge in [0.15, 0.2) is 0 Å². The van der Waals surface area contributed by atoms with Crippen molar-refractivity contribution in [1.29, 1.82) is 0 Å². The number of hydrogen-bond acceptors (Lipinski definition) is 3. The van der Waals surface area contributed by atoms with Crippen LogP contribution in [0.4, 0.5) is 5.69 Å². The van der Waals surface area contributed by atoms with Gasteiger partial charge >= 0.3 is 0 Å². The van der Waals surface area contributed by atoms with E-state index in [9.17, 15) is 4.79 Å².